The van der Waals surface area contributed by atoms with Gasteiger partial charge in [0.05, 0.1) is 6.26 Å². The molecule has 2 atom stereocenters. The van der Waals surface area contributed by atoms with Crippen molar-refractivity contribution in [3.05, 3.63) is 54.0 Å². The van der Waals surface area contributed by atoms with Gasteiger partial charge in [0.15, 0.2) is 0 Å². The number of benzene rings is 1. The van der Waals surface area contributed by atoms with Gasteiger partial charge in [0.2, 0.25) is 0 Å². The summed E-state index contributed by atoms with van der Waals surface area (Å²) in [4.78, 5) is 15.8. The van der Waals surface area contributed by atoms with Gasteiger partial charge in [-0.1, -0.05) is 0 Å². The number of amides is 1. The number of thioether (sulfide) groups is 1. The fourth-order valence-corrected chi connectivity index (χ4v) is 3.51. The maximum atomic E-state index is 12.7. The molecule has 4 nitrogen and oxygen atoms in total. The first-order valence-electron chi connectivity index (χ1n) is 7.85. The van der Waals surface area contributed by atoms with Crippen LogP contribution in [-0.4, -0.2) is 34.8 Å². The molecule has 1 N–H and O–H groups in total. The molecular formula is C18H21NO3S. The monoisotopic (exact) mass is 331 g/mol. The Hall–Kier alpha value is -1.72. The average Bonchev–Trinajstić information content (AvgIpc) is 3.26. The number of hydrogen-bond acceptors (Lipinski definition) is 4. The van der Waals surface area contributed by atoms with Crippen LogP contribution in [0, 0.1) is 0 Å². The Morgan fingerprint density at radius 1 is 1.39 bits per heavy atom. The van der Waals surface area contributed by atoms with Gasteiger partial charge in [0, 0.05) is 29.5 Å². The second-order valence-corrected chi connectivity index (χ2v) is 6.67. The Bertz CT molecular complexity index is 639. The summed E-state index contributed by atoms with van der Waals surface area (Å²) in [5.41, 5.74) is 0.710. The van der Waals surface area contributed by atoms with Gasteiger partial charge in [-0.15, -0.1) is 11.8 Å². The lowest BCUT2D eigenvalue weighted by atomic mass is 10.0. The van der Waals surface area contributed by atoms with Crippen molar-refractivity contribution in [2.75, 3.05) is 12.8 Å². The van der Waals surface area contributed by atoms with Gasteiger partial charge in [-0.2, -0.15) is 0 Å². The number of furan rings is 1. The van der Waals surface area contributed by atoms with Crippen LogP contribution in [0.2, 0.25) is 0 Å². The summed E-state index contributed by atoms with van der Waals surface area (Å²) in [5, 5.41) is 10.3. The third kappa shape index (κ3) is 3.62. The maximum Gasteiger partial charge on any atom is 0.254 e. The van der Waals surface area contributed by atoms with E-state index in [4.69, 9.17) is 4.42 Å². The zero-order valence-electron chi connectivity index (χ0n) is 13.1. The van der Waals surface area contributed by atoms with E-state index in [1.54, 1.807) is 30.2 Å². The standard InChI is InChI=1S/C18H21NO3S/c1-23-15-8-6-13(7-9-15)18(21)19-10-2-4-14(19)12-16(20)17-5-3-11-22-17/h3,5-9,11,14,16,20H,2,4,10,12H2,1H3. The predicted octanol–water partition coefficient (Wildman–Crippen LogP) is 3.73. The van der Waals surface area contributed by atoms with E-state index >= 15 is 0 Å². The van der Waals surface area contributed by atoms with Crippen molar-refractivity contribution >= 4 is 17.7 Å². The molecule has 1 saturated heterocycles. The van der Waals surface area contributed by atoms with E-state index in [-0.39, 0.29) is 11.9 Å². The lowest BCUT2D eigenvalue weighted by Gasteiger charge is -2.26. The highest BCUT2D eigenvalue weighted by Gasteiger charge is 2.31. The Morgan fingerprint density at radius 2 is 2.17 bits per heavy atom. The molecule has 1 aromatic carbocycles. The molecule has 1 aromatic heterocycles. The van der Waals surface area contributed by atoms with Crippen molar-refractivity contribution in [1.29, 1.82) is 0 Å². The van der Waals surface area contributed by atoms with Crippen LogP contribution in [0.15, 0.2) is 52.0 Å². The van der Waals surface area contributed by atoms with Crippen molar-refractivity contribution in [1.82, 2.24) is 4.90 Å². The van der Waals surface area contributed by atoms with Crippen LogP contribution in [0.25, 0.3) is 0 Å². The summed E-state index contributed by atoms with van der Waals surface area (Å²) in [6, 6.07) is 11.3. The van der Waals surface area contributed by atoms with Crippen molar-refractivity contribution in [2.24, 2.45) is 0 Å². The van der Waals surface area contributed by atoms with Gasteiger partial charge in [-0.3, -0.25) is 4.79 Å². The summed E-state index contributed by atoms with van der Waals surface area (Å²) in [5.74, 6) is 0.612. The second-order valence-electron chi connectivity index (χ2n) is 5.79. The number of hydrogen-bond donors (Lipinski definition) is 1. The second kappa shape index (κ2) is 7.23. The van der Waals surface area contributed by atoms with Gasteiger partial charge < -0.3 is 14.4 Å². The molecule has 0 aliphatic carbocycles. The van der Waals surface area contributed by atoms with Gasteiger partial charge in [0.1, 0.15) is 11.9 Å². The predicted molar refractivity (Wildman–Crippen MR) is 90.6 cm³/mol. The SMILES string of the molecule is CSc1ccc(C(=O)N2CCCC2CC(O)c2ccco2)cc1. The molecule has 3 rings (SSSR count). The van der Waals surface area contributed by atoms with Crippen molar-refractivity contribution in [3.63, 3.8) is 0 Å². The topological polar surface area (TPSA) is 53.7 Å². The summed E-state index contributed by atoms with van der Waals surface area (Å²) < 4.78 is 5.26. The number of rotatable bonds is 5. The first-order valence-corrected chi connectivity index (χ1v) is 9.08. The number of aliphatic hydroxyl groups excluding tert-OH is 1. The molecule has 5 heteroatoms. The molecule has 1 aliphatic heterocycles. The number of likely N-dealkylation sites (tertiary alicyclic amines) is 1. The van der Waals surface area contributed by atoms with Gasteiger partial charge in [0.25, 0.3) is 5.91 Å². The minimum atomic E-state index is -0.665. The van der Waals surface area contributed by atoms with Crippen molar-refractivity contribution in [2.45, 2.75) is 36.3 Å². The lowest BCUT2D eigenvalue weighted by Crippen LogP contribution is -2.36. The van der Waals surface area contributed by atoms with Crippen LogP contribution >= 0.6 is 11.8 Å². The Balaban J connectivity index is 1.69. The minimum Gasteiger partial charge on any atom is -0.467 e. The van der Waals surface area contributed by atoms with E-state index in [2.05, 4.69) is 0 Å². The average molecular weight is 331 g/mol. The first-order chi connectivity index (χ1) is 11.2. The smallest absolute Gasteiger partial charge is 0.254 e. The van der Waals surface area contributed by atoms with Crippen LogP contribution < -0.4 is 0 Å². The molecule has 1 aliphatic rings. The molecule has 2 aromatic rings. The van der Waals surface area contributed by atoms with Crippen LogP contribution in [0.3, 0.4) is 0 Å². The number of nitrogens with zero attached hydrogens (tertiary/aromatic N) is 1. The zero-order chi connectivity index (χ0) is 16.2. The number of carbonyl (C=O) groups excluding carboxylic acids is 1. The van der Waals surface area contributed by atoms with Crippen LogP contribution in [0.4, 0.5) is 0 Å². The third-order valence-electron chi connectivity index (χ3n) is 4.34. The number of aliphatic hydroxyl groups is 1. The fourth-order valence-electron chi connectivity index (χ4n) is 3.10. The van der Waals surface area contributed by atoms with Crippen LogP contribution in [0.5, 0.6) is 0 Å². The summed E-state index contributed by atoms with van der Waals surface area (Å²) in [6.45, 7) is 0.749. The van der Waals surface area contributed by atoms with E-state index in [0.717, 1.165) is 24.3 Å². The molecular weight excluding hydrogens is 310 g/mol. The first kappa shape index (κ1) is 16.1. The molecule has 1 amide bonds. The van der Waals surface area contributed by atoms with Crippen molar-refractivity contribution in [3.8, 4) is 0 Å². The Labute approximate surface area is 140 Å². The summed E-state index contributed by atoms with van der Waals surface area (Å²) in [7, 11) is 0. The summed E-state index contributed by atoms with van der Waals surface area (Å²) in [6.07, 6.45) is 5.33. The lowest BCUT2D eigenvalue weighted by molar-refractivity contribution is 0.0641. The highest BCUT2D eigenvalue weighted by molar-refractivity contribution is 7.98. The molecule has 122 valence electrons. The van der Waals surface area contributed by atoms with Gasteiger partial charge in [-0.05, 0) is 55.5 Å². The normalized spacial score (nSPS) is 19.0. The van der Waals surface area contributed by atoms with Gasteiger partial charge >= 0.3 is 0 Å². The van der Waals surface area contributed by atoms with Gasteiger partial charge in [-0.25, -0.2) is 0 Å². The highest BCUT2D eigenvalue weighted by Crippen LogP contribution is 2.29. The quantitative estimate of drug-likeness (QED) is 0.848. The summed E-state index contributed by atoms with van der Waals surface area (Å²) >= 11 is 1.66. The molecule has 0 bridgehead atoms. The van der Waals surface area contributed by atoms with E-state index in [0.29, 0.717) is 17.7 Å². The fraction of sp³-hybridized carbons (Fsp3) is 0.389. The van der Waals surface area contributed by atoms with E-state index in [9.17, 15) is 9.90 Å². The van der Waals surface area contributed by atoms with E-state index in [1.165, 1.54) is 0 Å². The number of carbonyl (C=O) groups is 1. The molecule has 0 spiro atoms. The molecule has 2 heterocycles. The molecule has 2 unspecified atom stereocenters. The molecule has 0 saturated carbocycles. The van der Waals surface area contributed by atoms with Crippen LogP contribution in [0.1, 0.15) is 41.5 Å². The maximum absolute atomic E-state index is 12.7. The zero-order valence-corrected chi connectivity index (χ0v) is 14.0. The third-order valence-corrected chi connectivity index (χ3v) is 5.09. The van der Waals surface area contributed by atoms with E-state index < -0.39 is 6.10 Å². The van der Waals surface area contributed by atoms with E-state index in [1.807, 2.05) is 35.4 Å². The molecule has 0 radical (unpaired) electrons. The van der Waals surface area contributed by atoms with Crippen LogP contribution in [-0.2, 0) is 0 Å². The molecule has 1 fully saturated rings. The molecule has 23 heavy (non-hydrogen) atoms. The van der Waals surface area contributed by atoms with Crippen molar-refractivity contribution < 1.29 is 14.3 Å². The Morgan fingerprint density at radius 3 is 2.83 bits per heavy atom. The Kier molecular flexibility index (Phi) is 5.08. The largest absolute Gasteiger partial charge is 0.467 e. The highest BCUT2D eigenvalue weighted by atomic mass is 32.2. The minimum absolute atomic E-state index is 0.0480.